The van der Waals surface area contributed by atoms with Gasteiger partial charge in [-0.1, -0.05) is 47.5 Å². The molecule has 3 aromatic rings. The van der Waals surface area contributed by atoms with Crippen LogP contribution in [0.15, 0.2) is 78.9 Å². The number of amides is 1. The summed E-state index contributed by atoms with van der Waals surface area (Å²) in [7, 11) is 2.92. The monoisotopic (exact) mass is 592 g/mol. The SMILES string of the molecule is C=CCNC(=O)/C(C#N)=C\c1ccc(OC(=O)/C=C/c2ccc(OCc3c(Cl)cccc3Cl)c(OC)c2)c(OC)c1. The number of rotatable bonds is 12. The largest absolute Gasteiger partial charge is 0.493 e. The van der Waals surface area contributed by atoms with Gasteiger partial charge in [0, 0.05) is 28.2 Å². The number of benzene rings is 3. The third-order valence-corrected chi connectivity index (χ3v) is 6.22. The number of ether oxygens (including phenoxy) is 4. The Bertz CT molecular complexity index is 1520. The van der Waals surface area contributed by atoms with Gasteiger partial charge in [0.25, 0.3) is 5.91 Å². The van der Waals surface area contributed by atoms with E-state index in [1.165, 1.54) is 38.5 Å². The summed E-state index contributed by atoms with van der Waals surface area (Å²) in [5.41, 5.74) is 1.73. The van der Waals surface area contributed by atoms with E-state index in [0.717, 1.165) is 0 Å². The van der Waals surface area contributed by atoms with Gasteiger partial charge in [-0.05, 0) is 59.7 Å². The van der Waals surface area contributed by atoms with E-state index in [4.69, 9.17) is 42.1 Å². The summed E-state index contributed by atoms with van der Waals surface area (Å²) in [6.45, 7) is 3.90. The molecule has 0 saturated heterocycles. The smallest absolute Gasteiger partial charge is 0.336 e. The number of carbonyl (C=O) groups excluding carboxylic acids is 2. The third-order valence-electron chi connectivity index (χ3n) is 5.51. The van der Waals surface area contributed by atoms with Crippen molar-refractivity contribution in [1.82, 2.24) is 5.32 Å². The van der Waals surface area contributed by atoms with Crippen LogP contribution in [0.1, 0.15) is 16.7 Å². The Hall–Kier alpha value is -4.71. The van der Waals surface area contributed by atoms with Crippen LogP contribution in [0.4, 0.5) is 0 Å². The van der Waals surface area contributed by atoms with Gasteiger partial charge in [-0.25, -0.2) is 4.79 Å². The molecule has 1 amide bonds. The van der Waals surface area contributed by atoms with E-state index in [0.29, 0.717) is 38.2 Å². The molecule has 0 aliphatic carbocycles. The molecule has 1 N–H and O–H groups in total. The van der Waals surface area contributed by atoms with E-state index < -0.39 is 11.9 Å². The minimum atomic E-state index is -0.652. The molecule has 0 aromatic heterocycles. The lowest BCUT2D eigenvalue weighted by molar-refractivity contribution is -0.129. The van der Waals surface area contributed by atoms with Crippen molar-refractivity contribution in [3.63, 3.8) is 0 Å². The Morgan fingerprint density at radius 2 is 1.59 bits per heavy atom. The maximum atomic E-state index is 12.5. The Balaban J connectivity index is 1.69. The summed E-state index contributed by atoms with van der Waals surface area (Å²) in [6, 6.07) is 16.9. The van der Waals surface area contributed by atoms with Crippen molar-refractivity contribution in [3.8, 4) is 29.1 Å². The molecule has 3 rings (SSSR count). The Kier molecular flexibility index (Phi) is 11.4. The number of hydrogen-bond donors (Lipinski definition) is 1. The molecule has 0 aliphatic heterocycles. The molecule has 0 bridgehead atoms. The Labute approximate surface area is 248 Å². The second-order valence-corrected chi connectivity index (χ2v) is 9.05. The molecule has 210 valence electrons. The molecule has 41 heavy (non-hydrogen) atoms. The lowest BCUT2D eigenvalue weighted by atomic mass is 10.1. The highest BCUT2D eigenvalue weighted by atomic mass is 35.5. The van der Waals surface area contributed by atoms with Gasteiger partial charge in [0.05, 0.1) is 14.2 Å². The standard InChI is InChI=1S/C31H26Cl2N2O6/c1-4-14-35-31(37)22(18-34)15-21-9-12-27(29(17-21)39-3)41-30(36)13-10-20-8-11-26(28(16-20)38-2)40-19-23-24(32)6-5-7-25(23)33/h4-13,15-17H,1,14,19H2,2-3H3,(H,35,37)/b13-10+,22-15-. The Morgan fingerprint density at radius 1 is 0.951 bits per heavy atom. The van der Waals surface area contributed by atoms with Crippen LogP contribution in [0.2, 0.25) is 10.0 Å². The number of hydrogen-bond acceptors (Lipinski definition) is 7. The molecule has 0 spiro atoms. The minimum absolute atomic E-state index is 0.0962. The number of nitrogens with zero attached hydrogens (tertiary/aromatic N) is 1. The number of nitrogens with one attached hydrogen (secondary N) is 1. The molecule has 0 saturated carbocycles. The van der Waals surface area contributed by atoms with Gasteiger partial charge >= 0.3 is 5.97 Å². The zero-order chi connectivity index (χ0) is 29.8. The summed E-state index contributed by atoms with van der Waals surface area (Å²) in [5.74, 6) is 0.136. The van der Waals surface area contributed by atoms with E-state index in [1.807, 2.05) is 6.07 Å². The molecule has 3 aromatic carbocycles. The third kappa shape index (κ3) is 8.64. The van der Waals surface area contributed by atoms with Crippen LogP contribution < -0.4 is 24.3 Å². The van der Waals surface area contributed by atoms with Gasteiger partial charge in [0.15, 0.2) is 23.0 Å². The lowest BCUT2D eigenvalue weighted by Crippen LogP contribution is -2.24. The van der Waals surface area contributed by atoms with Crippen molar-refractivity contribution in [1.29, 1.82) is 5.26 Å². The summed E-state index contributed by atoms with van der Waals surface area (Å²) >= 11 is 12.4. The molecule has 0 atom stereocenters. The number of methoxy groups -OCH3 is 2. The van der Waals surface area contributed by atoms with Crippen molar-refractivity contribution in [2.45, 2.75) is 6.61 Å². The van der Waals surface area contributed by atoms with Crippen LogP contribution in [0.3, 0.4) is 0 Å². The molecule has 0 aliphatic rings. The average molecular weight is 593 g/mol. The van der Waals surface area contributed by atoms with Crippen LogP contribution in [0.5, 0.6) is 23.0 Å². The van der Waals surface area contributed by atoms with Crippen molar-refractivity contribution in [2.24, 2.45) is 0 Å². The van der Waals surface area contributed by atoms with Crippen LogP contribution in [-0.2, 0) is 16.2 Å². The molecule has 0 radical (unpaired) electrons. The van der Waals surface area contributed by atoms with Crippen LogP contribution >= 0.6 is 23.2 Å². The van der Waals surface area contributed by atoms with Crippen molar-refractivity contribution in [3.05, 3.63) is 106 Å². The molecule has 0 fully saturated rings. The molecule has 8 nitrogen and oxygen atoms in total. The molecular formula is C31H26Cl2N2O6. The summed E-state index contributed by atoms with van der Waals surface area (Å²) in [5, 5.41) is 12.9. The maximum absolute atomic E-state index is 12.5. The second-order valence-electron chi connectivity index (χ2n) is 8.23. The van der Waals surface area contributed by atoms with Gasteiger partial charge in [-0.15, -0.1) is 6.58 Å². The van der Waals surface area contributed by atoms with Crippen LogP contribution in [0.25, 0.3) is 12.2 Å². The number of carbonyl (C=O) groups is 2. The topological polar surface area (TPSA) is 107 Å². The first-order valence-electron chi connectivity index (χ1n) is 12.1. The fourth-order valence-corrected chi connectivity index (χ4v) is 3.97. The van der Waals surface area contributed by atoms with Crippen LogP contribution in [-0.4, -0.2) is 32.6 Å². The average Bonchev–Trinajstić information content (AvgIpc) is 2.98. The lowest BCUT2D eigenvalue weighted by Gasteiger charge is -2.13. The minimum Gasteiger partial charge on any atom is -0.493 e. The van der Waals surface area contributed by atoms with Gasteiger partial charge in [-0.3, -0.25) is 4.79 Å². The fourth-order valence-electron chi connectivity index (χ4n) is 3.47. The van der Waals surface area contributed by atoms with Crippen LogP contribution in [0, 0.1) is 11.3 Å². The molecule has 0 heterocycles. The van der Waals surface area contributed by atoms with Crippen molar-refractivity contribution < 1.29 is 28.5 Å². The predicted molar refractivity (Wildman–Crippen MR) is 158 cm³/mol. The first-order chi connectivity index (χ1) is 19.8. The van der Waals surface area contributed by atoms with Gasteiger partial charge in [-0.2, -0.15) is 5.26 Å². The number of nitriles is 1. The van der Waals surface area contributed by atoms with E-state index in [-0.39, 0.29) is 30.2 Å². The van der Waals surface area contributed by atoms with Gasteiger partial charge in [0.2, 0.25) is 0 Å². The van der Waals surface area contributed by atoms with E-state index in [2.05, 4.69) is 11.9 Å². The number of esters is 1. The van der Waals surface area contributed by atoms with Gasteiger partial charge < -0.3 is 24.3 Å². The fraction of sp³-hybridized carbons (Fsp3) is 0.129. The molecule has 10 heteroatoms. The van der Waals surface area contributed by atoms with E-state index >= 15 is 0 Å². The van der Waals surface area contributed by atoms with Crippen molar-refractivity contribution in [2.75, 3.05) is 20.8 Å². The first kappa shape index (κ1) is 30.8. The summed E-state index contributed by atoms with van der Waals surface area (Å²) < 4.78 is 22.1. The zero-order valence-corrected chi connectivity index (χ0v) is 23.8. The van der Waals surface area contributed by atoms with E-state index in [9.17, 15) is 14.9 Å². The van der Waals surface area contributed by atoms with Crippen molar-refractivity contribution >= 4 is 47.2 Å². The quantitative estimate of drug-likeness (QED) is 0.0850. The summed E-state index contributed by atoms with van der Waals surface area (Å²) in [4.78, 5) is 24.6. The highest BCUT2D eigenvalue weighted by molar-refractivity contribution is 6.35. The molecular weight excluding hydrogens is 567 g/mol. The highest BCUT2D eigenvalue weighted by Crippen LogP contribution is 2.32. The van der Waals surface area contributed by atoms with E-state index in [1.54, 1.807) is 54.6 Å². The zero-order valence-electron chi connectivity index (χ0n) is 22.3. The predicted octanol–water partition coefficient (Wildman–Crippen LogP) is 6.42. The Morgan fingerprint density at radius 3 is 2.24 bits per heavy atom. The number of halogens is 2. The van der Waals surface area contributed by atoms with Gasteiger partial charge in [0.1, 0.15) is 18.2 Å². The maximum Gasteiger partial charge on any atom is 0.336 e. The highest BCUT2D eigenvalue weighted by Gasteiger charge is 2.13. The second kappa shape index (κ2) is 15.2. The summed E-state index contributed by atoms with van der Waals surface area (Å²) in [6.07, 6.45) is 5.72. The molecule has 0 unspecified atom stereocenters. The first-order valence-corrected chi connectivity index (χ1v) is 12.9. The normalized spacial score (nSPS) is 11.0.